The summed E-state index contributed by atoms with van der Waals surface area (Å²) in [4.78, 5) is 29.4. The molecule has 8 nitrogen and oxygen atoms in total. The van der Waals surface area contributed by atoms with Gasteiger partial charge in [0.15, 0.2) is 0 Å². The average Bonchev–Trinajstić information content (AvgIpc) is 3.03. The second-order valence-electron chi connectivity index (χ2n) is 9.97. The van der Waals surface area contributed by atoms with Crippen LogP contribution in [0.4, 0.5) is 5.69 Å². The van der Waals surface area contributed by atoms with Gasteiger partial charge in [-0.05, 0) is 55.0 Å². The van der Waals surface area contributed by atoms with Gasteiger partial charge in [0.1, 0.15) is 18.3 Å². The fraction of sp³-hybridized carbons (Fsp3) is 0.212. The zero-order valence-corrected chi connectivity index (χ0v) is 27.7. The molecule has 0 radical (unpaired) electrons. The highest BCUT2D eigenvalue weighted by atomic mass is 35.5. The molecule has 4 rings (SSSR count). The summed E-state index contributed by atoms with van der Waals surface area (Å²) in [5.41, 5.74) is 1.35. The van der Waals surface area contributed by atoms with Crippen LogP contribution in [0.2, 0.25) is 15.1 Å². The summed E-state index contributed by atoms with van der Waals surface area (Å²) < 4.78 is 34.4. The van der Waals surface area contributed by atoms with Gasteiger partial charge in [-0.1, -0.05) is 89.4 Å². The summed E-state index contributed by atoms with van der Waals surface area (Å²) in [5.74, 6) is -0.745. The van der Waals surface area contributed by atoms with Crippen molar-refractivity contribution in [1.82, 2.24) is 10.2 Å². The van der Waals surface area contributed by atoms with Gasteiger partial charge in [-0.15, -0.1) is 0 Å². The molecule has 0 aliphatic rings. The molecular formula is C33H32Cl3N3O5S. The van der Waals surface area contributed by atoms with Gasteiger partial charge in [-0.2, -0.15) is 0 Å². The molecule has 0 fully saturated rings. The quantitative estimate of drug-likeness (QED) is 0.170. The third-order valence-corrected chi connectivity index (χ3v) is 9.84. The molecule has 1 N–H and O–H groups in total. The zero-order chi connectivity index (χ0) is 32.6. The van der Waals surface area contributed by atoms with Gasteiger partial charge in [0.25, 0.3) is 10.0 Å². The number of carbonyl (C=O) groups is 2. The number of amides is 2. The maximum atomic E-state index is 14.5. The van der Waals surface area contributed by atoms with Crippen LogP contribution in [0, 0.1) is 0 Å². The number of sulfonamides is 1. The molecule has 45 heavy (non-hydrogen) atoms. The Labute approximate surface area is 278 Å². The minimum absolute atomic E-state index is 0.0324. The third-order valence-electron chi connectivity index (χ3n) is 7.05. The summed E-state index contributed by atoms with van der Waals surface area (Å²) in [7, 11) is -2.85. The minimum atomic E-state index is -4.29. The Morgan fingerprint density at radius 3 is 2.04 bits per heavy atom. The molecule has 0 heterocycles. The number of hydrogen-bond acceptors (Lipinski definition) is 5. The maximum absolute atomic E-state index is 14.5. The molecular weight excluding hydrogens is 657 g/mol. The summed E-state index contributed by atoms with van der Waals surface area (Å²) in [6.45, 7) is 1.27. The van der Waals surface area contributed by atoms with E-state index in [1.165, 1.54) is 42.3 Å². The lowest BCUT2D eigenvalue weighted by molar-refractivity contribution is -0.140. The van der Waals surface area contributed by atoms with Crippen LogP contribution in [0.1, 0.15) is 18.1 Å². The molecule has 0 saturated carbocycles. The van der Waals surface area contributed by atoms with Crippen molar-refractivity contribution in [3.8, 4) is 5.75 Å². The number of halogens is 3. The van der Waals surface area contributed by atoms with Gasteiger partial charge in [0.05, 0.1) is 22.7 Å². The normalized spacial score (nSPS) is 11.8. The lowest BCUT2D eigenvalue weighted by atomic mass is 10.0. The molecule has 2 amide bonds. The highest BCUT2D eigenvalue weighted by Gasteiger charge is 2.35. The number of nitrogens with zero attached hydrogens (tertiary/aromatic N) is 2. The second kappa shape index (κ2) is 15.5. The first kappa shape index (κ1) is 34.1. The van der Waals surface area contributed by atoms with Crippen molar-refractivity contribution < 1.29 is 22.7 Å². The molecule has 1 atom stereocenters. The van der Waals surface area contributed by atoms with Crippen molar-refractivity contribution in [3.63, 3.8) is 0 Å². The van der Waals surface area contributed by atoms with Gasteiger partial charge >= 0.3 is 0 Å². The Kier molecular flexibility index (Phi) is 11.7. The van der Waals surface area contributed by atoms with E-state index in [1.54, 1.807) is 43.3 Å². The van der Waals surface area contributed by atoms with Crippen molar-refractivity contribution in [3.05, 3.63) is 123 Å². The number of anilines is 1. The van der Waals surface area contributed by atoms with Gasteiger partial charge in [0, 0.05) is 35.1 Å². The number of rotatable bonds is 13. The van der Waals surface area contributed by atoms with Gasteiger partial charge in [-0.3, -0.25) is 13.9 Å². The first-order valence-electron chi connectivity index (χ1n) is 14.0. The van der Waals surface area contributed by atoms with Gasteiger partial charge < -0.3 is 15.0 Å². The van der Waals surface area contributed by atoms with E-state index in [2.05, 4.69) is 5.32 Å². The molecule has 236 valence electrons. The number of ether oxygens (including phenoxy) is 1. The Morgan fingerprint density at radius 2 is 1.47 bits per heavy atom. The van der Waals surface area contributed by atoms with E-state index in [1.807, 2.05) is 30.3 Å². The van der Waals surface area contributed by atoms with Gasteiger partial charge in [-0.25, -0.2) is 8.42 Å². The Morgan fingerprint density at radius 1 is 0.844 bits per heavy atom. The van der Waals surface area contributed by atoms with Crippen LogP contribution < -0.4 is 14.4 Å². The number of carbonyl (C=O) groups excluding carboxylic acids is 2. The summed E-state index contributed by atoms with van der Waals surface area (Å²) in [6.07, 6.45) is 0.153. The number of benzene rings is 4. The van der Waals surface area contributed by atoms with E-state index in [-0.39, 0.29) is 28.6 Å². The van der Waals surface area contributed by atoms with Crippen molar-refractivity contribution in [2.45, 2.75) is 30.8 Å². The third kappa shape index (κ3) is 8.29. The highest BCUT2D eigenvalue weighted by molar-refractivity contribution is 7.92. The molecule has 0 bridgehead atoms. The molecule has 0 aliphatic carbocycles. The number of hydrogen-bond donors (Lipinski definition) is 1. The summed E-state index contributed by atoms with van der Waals surface area (Å²) in [5, 5.41) is 3.56. The van der Waals surface area contributed by atoms with E-state index < -0.39 is 34.4 Å². The van der Waals surface area contributed by atoms with Crippen LogP contribution in [-0.2, 0) is 32.6 Å². The molecule has 4 aromatic rings. The average molecular weight is 689 g/mol. The number of methoxy groups -OCH3 is 1. The van der Waals surface area contributed by atoms with Crippen molar-refractivity contribution >= 4 is 62.3 Å². The number of nitrogens with one attached hydrogen (secondary N) is 1. The highest BCUT2D eigenvalue weighted by Crippen LogP contribution is 2.33. The summed E-state index contributed by atoms with van der Waals surface area (Å²) >= 11 is 19.5. The topological polar surface area (TPSA) is 96.0 Å². The maximum Gasteiger partial charge on any atom is 0.264 e. The molecule has 0 spiro atoms. The fourth-order valence-corrected chi connectivity index (χ4v) is 6.95. The predicted octanol–water partition coefficient (Wildman–Crippen LogP) is 6.63. The van der Waals surface area contributed by atoms with Crippen LogP contribution in [0.15, 0.2) is 102 Å². The van der Waals surface area contributed by atoms with Gasteiger partial charge in [0.2, 0.25) is 11.8 Å². The minimum Gasteiger partial charge on any atom is -0.495 e. The molecule has 0 unspecified atom stereocenters. The van der Waals surface area contributed by atoms with E-state index in [4.69, 9.17) is 39.5 Å². The monoisotopic (exact) mass is 687 g/mol. The number of likely N-dealkylation sites (N-methyl/N-ethyl adjacent to an activating group) is 1. The lowest BCUT2D eigenvalue weighted by Crippen LogP contribution is -2.53. The zero-order valence-electron chi connectivity index (χ0n) is 24.6. The predicted molar refractivity (Wildman–Crippen MR) is 179 cm³/mol. The van der Waals surface area contributed by atoms with E-state index in [0.29, 0.717) is 27.9 Å². The summed E-state index contributed by atoms with van der Waals surface area (Å²) in [6, 6.07) is 25.3. The standard InChI is InChI=1S/C33H32Cl3N3O5S/c1-3-37-33(41)30(19-23-11-6-4-7-12-23)38(21-26-27(34)15-10-16-28(26)35)32(40)22-39(24-17-18-31(44-2)29(36)20-24)45(42,43)25-13-8-5-9-14-25/h4-18,20,30H,3,19,21-22H2,1-2H3,(H,37,41)/t30-/m0/s1. The molecule has 0 saturated heterocycles. The molecule has 0 aliphatic heterocycles. The van der Waals surface area contributed by atoms with E-state index in [9.17, 15) is 18.0 Å². The van der Waals surface area contributed by atoms with Crippen LogP contribution >= 0.6 is 34.8 Å². The van der Waals surface area contributed by atoms with Crippen LogP contribution in [0.5, 0.6) is 5.75 Å². The van der Waals surface area contributed by atoms with E-state index in [0.717, 1.165) is 9.87 Å². The van der Waals surface area contributed by atoms with E-state index >= 15 is 0 Å². The van der Waals surface area contributed by atoms with Crippen molar-refractivity contribution in [1.29, 1.82) is 0 Å². The SMILES string of the molecule is CCNC(=O)[C@H](Cc1ccccc1)N(Cc1c(Cl)cccc1Cl)C(=O)CN(c1ccc(OC)c(Cl)c1)S(=O)(=O)c1ccccc1. The van der Waals surface area contributed by atoms with Crippen LogP contribution in [0.3, 0.4) is 0 Å². The molecule has 0 aromatic heterocycles. The first-order valence-corrected chi connectivity index (χ1v) is 16.6. The Hall–Kier alpha value is -3.76. The smallest absolute Gasteiger partial charge is 0.264 e. The second-order valence-corrected chi connectivity index (χ2v) is 13.0. The van der Waals surface area contributed by atoms with Crippen LogP contribution in [-0.4, -0.2) is 51.4 Å². The lowest BCUT2D eigenvalue weighted by Gasteiger charge is -2.34. The van der Waals surface area contributed by atoms with Crippen molar-refractivity contribution in [2.24, 2.45) is 0 Å². The first-order chi connectivity index (χ1) is 21.6. The fourth-order valence-electron chi connectivity index (χ4n) is 4.76. The molecule has 12 heteroatoms. The Balaban J connectivity index is 1.84. The largest absolute Gasteiger partial charge is 0.495 e. The van der Waals surface area contributed by atoms with Crippen molar-refractivity contribution in [2.75, 3.05) is 24.5 Å². The Bertz CT molecular complexity index is 1720. The molecule has 4 aromatic carbocycles. The van der Waals surface area contributed by atoms with Crippen LogP contribution in [0.25, 0.3) is 0 Å².